The summed E-state index contributed by atoms with van der Waals surface area (Å²) in [5, 5.41) is 4.27. The summed E-state index contributed by atoms with van der Waals surface area (Å²) in [5.74, 6) is 2.27. The molecule has 0 fully saturated rings. The van der Waals surface area contributed by atoms with Crippen LogP contribution in [-0.2, 0) is 19.4 Å². The molecule has 5 heteroatoms. The van der Waals surface area contributed by atoms with Gasteiger partial charge >= 0.3 is 0 Å². The smallest absolute Gasteiger partial charge is 0.138 e. The van der Waals surface area contributed by atoms with Gasteiger partial charge in [-0.05, 0) is 43.0 Å². The van der Waals surface area contributed by atoms with E-state index < -0.39 is 0 Å². The molecule has 0 aliphatic carbocycles. The maximum atomic E-state index is 5.94. The minimum atomic E-state index is 0.358. The monoisotopic (exact) mass is 288 g/mol. The number of nitrogens with two attached hydrogens (primary N) is 1. The Morgan fingerprint density at radius 3 is 2.90 bits per heavy atom. The quantitative estimate of drug-likeness (QED) is 0.807. The first kappa shape index (κ1) is 15.5. The van der Waals surface area contributed by atoms with Crippen LogP contribution in [0.4, 0.5) is 0 Å². The molecule has 0 radical (unpaired) electrons. The van der Waals surface area contributed by atoms with E-state index in [0.29, 0.717) is 12.5 Å². The highest BCUT2D eigenvalue weighted by atomic mass is 16.5. The van der Waals surface area contributed by atoms with Crippen molar-refractivity contribution in [2.75, 3.05) is 13.7 Å². The van der Waals surface area contributed by atoms with Crippen LogP contribution in [0.1, 0.15) is 24.7 Å². The van der Waals surface area contributed by atoms with Gasteiger partial charge in [0.2, 0.25) is 0 Å². The third-order valence-corrected chi connectivity index (χ3v) is 3.59. The standard InChI is InChI=1S/C16H24N4O/c1-3-7-20-16(18-12-19-20)10-14(11-17)8-13-5-4-6-15(9-13)21-2/h4-6,9,12,14H,3,7-8,10-11,17H2,1-2H3. The third-order valence-electron chi connectivity index (χ3n) is 3.59. The van der Waals surface area contributed by atoms with E-state index in [9.17, 15) is 0 Å². The second-order valence-corrected chi connectivity index (χ2v) is 5.26. The van der Waals surface area contributed by atoms with Gasteiger partial charge in [0.05, 0.1) is 7.11 Å². The van der Waals surface area contributed by atoms with Crippen molar-refractivity contribution in [1.82, 2.24) is 14.8 Å². The van der Waals surface area contributed by atoms with Gasteiger partial charge in [0.15, 0.2) is 0 Å². The third kappa shape index (κ3) is 4.29. The van der Waals surface area contributed by atoms with Crippen molar-refractivity contribution < 1.29 is 4.74 Å². The molecular formula is C16H24N4O. The van der Waals surface area contributed by atoms with Crippen LogP contribution in [0.3, 0.4) is 0 Å². The normalized spacial score (nSPS) is 12.3. The SMILES string of the molecule is CCCn1ncnc1CC(CN)Cc1cccc(OC)c1. The van der Waals surface area contributed by atoms with E-state index >= 15 is 0 Å². The molecule has 2 aromatic rings. The van der Waals surface area contributed by atoms with Gasteiger partial charge in [-0.15, -0.1) is 0 Å². The highest BCUT2D eigenvalue weighted by Crippen LogP contribution is 2.17. The second-order valence-electron chi connectivity index (χ2n) is 5.26. The molecule has 0 aliphatic heterocycles. The van der Waals surface area contributed by atoms with Crippen LogP contribution in [0.2, 0.25) is 0 Å². The Labute approximate surface area is 126 Å². The number of hydrogen-bond acceptors (Lipinski definition) is 4. The number of aryl methyl sites for hydroxylation is 1. The topological polar surface area (TPSA) is 66.0 Å². The maximum absolute atomic E-state index is 5.94. The Kier molecular flexibility index (Phi) is 5.75. The average molecular weight is 288 g/mol. The molecule has 1 atom stereocenters. The first-order valence-corrected chi connectivity index (χ1v) is 7.46. The van der Waals surface area contributed by atoms with Gasteiger partial charge in [-0.2, -0.15) is 5.10 Å². The molecule has 2 N–H and O–H groups in total. The Balaban J connectivity index is 2.03. The zero-order valence-electron chi connectivity index (χ0n) is 12.8. The summed E-state index contributed by atoms with van der Waals surface area (Å²) < 4.78 is 7.25. The minimum absolute atomic E-state index is 0.358. The highest BCUT2D eigenvalue weighted by Gasteiger charge is 2.13. The number of nitrogens with zero attached hydrogens (tertiary/aromatic N) is 3. The van der Waals surface area contributed by atoms with Crippen molar-refractivity contribution in [1.29, 1.82) is 0 Å². The van der Waals surface area contributed by atoms with Gasteiger partial charge in [0.25, 0.3) is 0 Å². The van der Waals surface area contributed by atoms with Gasteiger partial charge in [0, 0.05) is 13.0 Å². The molecule has 0 bridgehead atoms. The Morgan fingerprint density at radius 2 is 2.19 bits per heavy atom. The number of aromatic nitrogens is 3. The number of benzene rings is 1. The molecule has 114 valence electrons. The molecule has 0 saturated heterocycles. The number of methoxy groups -OCH3 is 1. The van der Waals surface area contributed by atoms with Crippen LogP contribution in [0.15, 0.2) is 30.6 Å². The molecular weight excluding hydrogens is 264 g/mol. The van der Waals surface area contributed by atoms with E-state index in [1.165, 1.54) is 5.56 Å². The predicted octanol–water partition coefficient (Wildman–Crippen LogP) is 2.06. The molecule has 1 heterocycles. The Bertz CT molecular complexity index is 553. The van der Waals surface area contributed by atoms with Crippen molar-refractivity contribution in [3.63, 3.8) is 0 Å². The molecule has 21 heavy (non-hydrogen) atoms. The minimum Gasteiger partial charge on any atom is -0.497 e. The second kappa shape index (κ2) is 7.78. The lowest BCUT2D eigenvalue weighted by Crippen LogP contribution is -2.21. The lowest BCUT2D eigenvalue weighted by molar-refractivity contribution is 0.413. The average Bonchev–Trinajstić information content (AvgIpc) is 2.94. The zero-order chi connectivity index (χ0) is 15.1. The van der Waals surface area contributed by atoms with Crippen molar-refractivity contribution >= 4 is 0 Å². The van der Waals surface area contributed by atoms with Gasteiger partial charge in [-0.3, -0.25) is 4.68 Å². The van der Waals surface area contributed by atoms with Crippen molar-refractivity contribution in [3.05, 3.63) is 42.0 Å². The van der Waals surface area contributed by atoms with Crippen LogP contribution < -0.4 is 10.5 Å². The molecule has 1 aromatic carbocycles. The molecule has 0 saturated carbocycles. The number of hydrogen-bond donors (Lipinski definition) is 1. The van der Waals surface area contributed by atoms with Gasteiger partial charge in [0.1, 0.15) is 17.9 Å². The summed E-state index contributed by atoms with van der Waals surface area (Å²) in [4.78, 5) is 4.37. The summed E-state index contributed by atoms with van der Waals surface area (Å²) in [6.07, 6.45) is 4.46. The summed E-state index contributed by atoms with van der Waals surface area (Å²) in [6.45, 7) is 3.68. The van der Waals surface area contributed by atoms with Crippen LogP contribution in [0.5, 0.6) is 5.75 Å². The fraction of sp³-hybridized carbons (Fsp3) is 0.500. The van der Waals surface area contributed by atoms with E-state index in [2.05, 4.69) is 29.1 Å². The first-order chi connectivity index (χ1) is 10.3. The van der Waals surface area contributed by atoms with Gasteiger partial charge in [-0.1, -0.05) is 19.1 Å². The molecule has 5 nitrogen and oxygen atoms in total. The fourth-order valence-electron chi connectivity index (χ4n) is 2.47. The lowest BCUT2D eigenvalue weighted by atomic mass is 9.96. The molecule has 0 amide bonds. The summed E-state index contributed by atoms with van der Waals surface area (Å²) >= 11 is 0. The highest BCUT2D eigenvalue weighted by molar-refractivity contribution is 5.28. The molecule has 0 spiro atoms. The summed E-state index contributed by atoms with van der Waals surface area (Å²) in [5.41, 5.74) is 7.19. The summed E-state index contributed by atoms with van der Waals surface area (Å²) in [7, 11) is 1.69. The maximum Gasteiger partial charge on any atom is 0.138 e. The van der Waals surface area contributed by atoms with Crippen LogP contribution in [0, 0.1) is 5.92 Å². The van der Waals surface area contributed by atoms with E-state index in [1.54, 1.807) is 13.4 Å². The first-order valence-electron chi connectivity index (χ1n) is 7.46. The van der Waals surface area contributed by atoms with Crippen molar-refractivity contribution in [2.24, 2.45) is 11.7 Å². The number of rotatable bonds is 8. The molecule has 2 rings (SSSR count). The predicted molar refractivity (Wildman–Crippen MR) is 83.3 cm³/mol. The Morgan fingerprint density at radius 1 is 1.33 bits per heavy atom. The Hall–Kier alpha value is -1.88. The molecule has 1 unspecified atom stereocenters. The van der Waals surface area contributed by atoms with Crippen LogP contribution in [-0.4, -0.2) is 28.4 Å². The van der Waals surface area contributed by atoms with Crippen LogP contribution >= 0.6 is 0 Å². The molecule has 0 aliphatic rings. The van der Waals surface area contributed by atoms with E-state index in [-0.39, 0.29) is 0 Å². The van der Waals surface area contributed by atoms with Gasteiger partial charge in [-0.25, -0.2) is 4.98 Å². The molecule has 1 aromatic heterocycles. The van der Waals surface area contributed by atoms with E-state index in [4.69, 9.17) is 10.5 Å². The van der Waals surface area contributed by atoms with Crippen LogP contribution in [0.25, 0.3) is 0 Å². The number of ether oxygens (including phenoxy) is 1. The van der Waals surface area contributed by atoms with E-state index in [1.807, 2.05) is 16.8 Å². The van der Waals surface area contributed by atoms with Crippen molar-refractivity contribution in [3.8, 4) is 5.75 Å². The summed E-state index contributed by atoms with van der Waals surface area (Å²) in [6, 6.07) is 8.15. The van der Waals surface area contributed by atoms with E-state index in [0.717, 1.165) is 37.4 Å². The largest absolute Gasteiger partial charge is 0.497 e. The van der Waals surface area contributed by atoms with Gasteiger partial charge < -0.3 is 10.5 Å². The zero-order valence-corrected chi connectivity index (χ0v) is 12.8. The lowest BCUT2D eigenvalue weighted by Gasteiger charge is -2.15. The van der Waals surface area contributed by atoms with Crippen molar-refractivity contribution in [2.45, 2.75) is 32.7 Å². The fourth-order valence-corrected chi connectivity index (χ4v) is 2.47.